The summed E-state index contributed by atoms with van der Waals surface area (Å²) in [6.45, 7) is 3.10. The van der Waals surface area contributed by atoms with Crippen molar-refractivity contribution in [3.8, 4) is 0 Å². The zero-order valence-corrected chi connectivity index (χ0v) is 10.9. The molecule has 1 aromatic heterocycles. The van der Waals surface area contributed by atoms with E-state index in [1.807, 2.05) is 6.07 Å². The van der Waals surface area contributed by atoms with Gasteiger partial charge in [0, 0.05) is 18.2 Å². The molecule has 0 aliphatic rings. The predicted molar refractivity (Wildman–Crippen MR) is 74.3 cm³/mol. The van der Waals surface area contributed by atoms with Crippen molar-refractivity contribution in [1.82, 2.24) is 5.32 Å². The molecule has 0 amide bonds. The van der Waals surface area contributed by atoms with Crippen molar-refractivity contribution in [1.29, 1.82) is 0 Å². The second-order valence-corrected chi connectivity index (χ2v) is 4.62. The van der Waals surface area contributed by atoms with Crippen LogP contribution in [0.15, 0.2) is 53.3 Å². The molecule has 0 aliphatic heterocycles. The third kappa shape index (κ3) is 3.74. The summed E-state index contributed by atoms with van der Waals surface area (Å²) >= 11 is 0. The van der Waals surface area contributed by atoms with Crippen LogP contribution in [0, 0.1) is 0 Å². The average Bonchev–Trinajstić information content (AvgIpc) is 2.93. The molecule has 1 N–H and O–H groups in total. The van der Waals surface area contributed by atoms with E-state index in [9.17, 15) is 0 Å². The second-order valence-electron chi connectivity index (χ2n) is 4.62. The summed E-state index contributed by atoms with van der Waals surface area (Å²) in [4.78, 5) is 0. The third-order valence-corrected chi connectivity index (χ3v) is 3.18. The van der Waals surface area contributed by atoms with Gasteiger partial charge in [-0.05, 0) is 18.1 Å². The van der Waals surface area contributed by atoms with Gasteiger partial charge in [-0.3, -0.25) is 0 Å². The highest BCUT2D eigenvalue weighted by atomic mass is 16.3. The van der Waals surface area contributed by atoms with E-state index in [1.165, 1.54) is 30.4 Å². The molecular formula is C16H21NO. The molecule has 0 saturated carbocycles. The highest BCUT2D eigenvalue weighted by molar-refractivity contribution is 5.19. The number of furan rings is 1. The molecule has 96 valence electrons. The molecule has 0 saturated heterocycles. The molecule has 0 bridgehead atoms. The molecule has 0 radical (unpaired) electrons. The van der Waals surface area contributed by atoms with Gasteiger partial charge in [-0.1, -0.05) is 50.1 Å². The normalized spacial score (nSPS) is 12.5. The van der Waals surface area contributed by atoms with Gasteiger partial charge < -0.3 is 9.73 Å². The minimum Gasteiger partial charge on any atom is -0.472 e. The number of rotatable bonds is 7. The molecular weight excluding hydrogens is 222 g/mol. The van der Waals surface area contributed by atoms with Crippen LogP contribution in [-0.4, -0.2) is 0 Å². The Morgan fingerprint density at radius 2 is 2.00 bits per heavy atom. The Hall–Kier alpha value is -1.54. The van der Waals surface area contributed by atoms with Gasteiger partial charge in [0.05, 0.1) is 12.5 Å². The van der Waals surface area contributed by atoms with E-state index >= 15 is 0 Å². The third-order valence-electron chi connectivity index (χ3n) is 3.18. The van der Waals surface area contributed by atoms with Crippen molar-refractivity contribution in [2.45, 2.75) is 38.8 Å². The summed E-state index contributed by atoms with van der Waals surface area (Å²) < 4.78 is 5.09. The second kappa shape index (κ2) is 7.02. The zero-order chi connectivity index (χ0) is 12.6. The first-order valence-electron chi connectivity index (χ1n) is 6.69. The molecule has 2 heteroatoms. The van der Waals surface area contributed by atoms with E-state index in [2.05, 4.69) is 42.6 Å². The average molecular weight is 243 g/mol. The van der Waals surface area contributed by atoms with E-state index in [0.29, 0.717) is 6.04 Å². The van der Waals surface area contributed by atoms with Crippen LogP contribution in [-0.2, 0) is 6.54 Å². The fourth-order valence-corrected chi connectivity index (χ4v) is 2.11. The standard InChI is InChI=1S/C16H21NO/c1-2-3-9-16(15-7-5-4-6-8-15)17-12-14-10-11-18-13-14/h4-8,10-11,13,16-17H,2-3,9,12H2,1H3. The minimum atomic E-state index is 0.432. The fourth-order valence-electron chi connectivity index (χ4n) is 2.11. The van der Waals surface area contributed by atoms with Crippen LogP contribution in [0.3, 0.4) is 0 Å². The summed E-state index contributed by atoms with van der Waals surface area (Å²) in [7, 11) is 0. The summed E-state index contributed by atoms with van der Waals surface area (Å²) in [6.07, 6.45) is 7.18. The van der Waals surface area contributed by atoms with Crippen LogP contribution >= 0.6 is 0 Å². The maximum Gasteiger partial charge on any atom is 0.0947 e. The van der Waals surface area contributed by atoms with Crippen molar-refractivity contribution >= 4 is 0 Å². The number of hydrogen-bond donors (Lipinski definition) is 1. The van der Waals surface area contributed by atoms with E-state index < -0.39 is 0 Å². The lowest BCUT2D eigenvalue weighted by Crippen LogP contribution is -2.20. The first-order chi connectivity index (χ1) is 8.90. The zero-order valence-electron chi connectivity index (χ0n) is 10.9. The number of benzene rings is 1. The lowest BCUT2D eigenvalue weighted by Gasteiger charge is -2.18. The SMILES string of the molecule is CCCCC(NCc1ccoc1)c1ccccc1. The van der Waals surface area contributed by atoms with E-state index in [-0.39, 0.29) is 0 Å². The smallest absolute Gasteiger partial charge is 0.0947 e. The Morgan fingerprint density at radius 1 is 1.17 bits per heavy atom. The molecule has 0 spiro atoms. The summed E-state index contributed by atoms with van der Waals surface area (Å²) in [5.74, 6) is 0. The molecule has 18 heavy (non-hydrogen) atoms. The van der Waals surface area contributed by atoms with Crippen molar-refractivity contribution in [2.75, 3.05) is 0 Å². The Balaban J connectivity index is 1.96. The Morgan fingerprint density at radius 3 is 2.67 bits per heavy atom. The van der Waals surface area contributed by atoms with Crippen molar-refractivity contribution in [3.63, 3.8) is 0 Å². The number of hydrogen-bond acceptors (Lipinski definition) is 2. The molecule has 2 rings (SSSR count). The minimum absolute atomic E-state index is 0.432. The fraction of sp³-hybridized carbons (Fsp3) is 0.375. The van der Waals surface area contributed by atoms with Crippen LogP contribution in [0.4, 0.5) is 0 Å². The van der Waals surface area contributed by atoms with Crippen LogP contribution in [0.2, 0.25) is 0 Å². The van der Waals surface area contributed by atoms with Crippen LogP contribution in [0.25, 0.3) is 0 Å². The maximum atomic E-state index is 5.09. The van der Waals surface area contributed by atoms with E-state index in [1.54, 1.807) is 12.5 Å². The molecule has 1 aromatic carbocycles. The first-order valence-corrected chi connectivity index (χ1v) is 6.69. The van der Waals surface area contributed by atoms with Gasteiger partial charge in [0.1, 0.15) is 0 Å². The lowest BCUT2D eigenvalue weighted by molar-refractivity contribution is 0.477. The largest absolute Gasteiger partial charge is 0.472 e. The lowest BCUT2D eigenvalue weighted by atomic mass is 10.0. The van der Waals surface area contributed by atoms with Crippen LogP contribution in [0.1, 0.15) is 43.4 Å². The Kier molecular flexibility index (Phi) is 5.03. The van der Waals surface area contributed by atoms with Crippen molar-refractivity contribution in [3.05, 3.63) is 60.1 Å². The molecule has 1 atom stereocenters. The maximum absolute atomic E-state index is 5.09. The number of unbranched alkanes of at least 4 members (excludes halogenated alkanes) is 1. The highest BCUT2D eigenvalue weighted by Gasteiger charge is 2.10. The molecule has 2 aromatic rings. The highest BCUT2D eigenvalue weighted by Crippen LogP contribution is 2.19. The van der Waals surface area contributed by atoms with Gasteiger partial charge in [0.2, 0.25) is 0 Å². The molecule has 1 heterocycles. The van der Waals surface area contributed by atoms with E-state index in [4.69, 9.17) is 4.42 Å². The molecule has 0 aliphatic carbocycles. The molecule has 0 fully saturated rings. The van der Waals surface area contributed by atoms with E-state index in [0.717, 1.165) is 6.54 Å². The van der Waals surface area contributed by atoms with Gasteiger partial charge in [-0.25, -0.2) is 0 Å². The molecule has 1 unspecified atom stereocenters. The van der Waals surface area contributed by atoms with Crippen molar-refractivity contribution < 1.29 is 4.42 Å². The summed E-state index contributed by atoms with van der Waals surface area (Å²) in [5.41, 5.74) is 2.57. The summed E-state index contributed by atoms with van der Waals surface area (Å²) in [6, 6.07) is 13.1. The predicted octanol–water partition coefficient (Wildman–Crippen LogP) is 4.30. The Labute approximate surface area is 109 Å². The van der Waals surface area contributed by atoms with Crippen LogP contribution in [0.5, 0.6) is 0 Å². The molecule has 2 nitrogen and oxygen atoms in total. The topological polar surface area (TPSA) is 25.2 Å². The van der Waals surface area contributed by atoms with Gasteiger partial charge in [-0.2, -0.15) is 0 Å². The monoisotopic (exact) mass is 243 g/mol. The van der Waals surface area contributed by atoms with Crippen molar-refractivity contribution in [2.24, 2.45) is 0 Å². The Bertz CT molecular complexity index is 422. The van der Waals surface area contributed by atoms with Gasteiger partial charge >= 0.3 is 0 Å². The quantitative estimate of drug-likeness (QED) is 0.784. The number of nitrogens with one attached hydrogen (secondary N) is 1. The first kappa shape index (κ1) is 12.9. The van der Waals surface area contributed by atoms with Gasteiger partial charge in [0.25, 0.3) is 0 Å². The summed E-state index contributed by atoms with van der Waals surface area (Å²) in [5, 5.41) is 3.61. The van der Waals surface area contributed by atoms with Crippen LogP contribution < -0.4 is 5.32 Å². The van der Waals surface area contributed by atoms with Gasteiger partial charge in [-0.15, -0.1) is 0 Å². The van der Waals surface area contributed by atoms with Gasteiger partial charge in [0.15, 0.2) is 0 Å².